The van der Waals surface area contributed by atoms with Crippen LogP contribution in [0.3, 0.4) is 0 Å². The molecule has 0 aromatic heterocycles. The highest BCUT2D eigenvalue weighted by atomic mass is 32.2. The van der Waals surface area contributed by atoms with Crippen LogP contribution in [0.4, 0.5) is 14.5 Å². The van der Waals surface area contributed by atoms with Gasteiger partial charge in [0.1, 0.15) is 5.75 Å². The van der Waals surface area contributed by atoms with Crippen molar-refractivity contribution in [2.45, 2.75) is 32.8 Å². The Hall–Kier alpha value is -2.43. The van der Waals surface area contributed by atoms with Gasteiger partial charge in [0.05, 0.1) is 31.2 Å². The lowest BCUT2D eigenvalue weighted by atomic mass is 10.1. The molecule has 8 nitrogen and oxygen atoms in total. The van der Waals surface area contributed by atoms with Crippen LogP contribution in [-0.2, 0) is 19.4 Å². The summed E-state index contributed by atoms with van der Waals surface area (Å²) in [4.78, 5) is 24.1. The summed E-state index contributed by atoms with van der Waals surface area (Å²) in [5.41, 5.74) is -0.449. The van der Waals surface area contributed by atoms with Crippen molar-refractivity contribution in [1.29, 1.82) is 0 Å². The number of sulfone groups is 1. The number of hydrogen-bond donors (Lipinski definition) is 1. The van der Waals surface area contributed by atoms with Crippen molar-refractivity contribution >= 4 is 27.4 Å². The van der Waals surface area contributed by atoms with Gasteiger partial charge in [-0.1, -0.05) is 19.8 Å². The number of methoxy groups -OCH3 is 2. The molecule has 0 atom stereocenters. The first-order valence-electron chi connectivity index (χ1n) is 8.39. The highest BCUT2D eigenvalue weighted by molar-refractivity contribution is 7.92. The lowest BCUT2D eigenvalue weighted by Gasteiger charge is -2.15. The maximum atomic E-state index is 12.6. The monoisotopic (exact) mass is 423 g/mol. The molecule has 28 heavy (non-hydrogen) atoms. The molecule has 158 valence electrons. The molecule has 1 aromatic carbocycles. The molecular weight excluding hydrogens is 400 g/mol. The minimum absolute atomic E-state index is 0.152. The number of anilines is 1. The molecule has 0 saturated carbocycles. The van der Waals surface area contributed by atoms with Crippen molar-refractivity contribution in [2.75, 3.05) is 31.0 Å². The molecule has 0 radical (unpaired) electrons. The maximum Gasteiger partial charge on any atom is 0.387 e. The largest absolute Gasteiger partial charge is 0.493 e. The number of amides is 1. The molecular formula is C17H23F2NO7S. The quantitative estimate of drug-likeness (QED) is 0.431. The fraction of sp³-hybridized carbons (Fsp3) is 0.529. The zero-order valence-electron chi connectivity index (χ0n) is 15.8. The summed E-state index contributed by atoms with van der Waals surface area (Å²) < 4.78 is 63.0. The Balaban J connectivity index is 3.12. The summed E-state index contributed by atoms with van der Waals surface area (Å²) in [6.07, 6.45) is 1.96. The van der Waals surface area contributed by atoms with E-state index in [-0.39, 0.29) is 22.8 Å². The number of carbonyl (C=O) groups excluding carboxylic acids is 2. The van der Waals surface area contributed by atoms with Crippen molar-refractivity contribution in [3.63, 3.8) is 0 Å². The standard InChI is InChI=1S/C17H23F2NO7S/c1-4-5-6-7-28(23,24)10-15(21)20-12-9-14(27-17(18)19)13(25-2)8-11(12)16(22)26-3/h8-9,17H,4-7,10H2,1-3H3,(H,20,21). The van der Waals surface area contributed by atoms with E-state index in [1.54, 1.807) is 0 Å². The number of rotatable bonds is 11. The van der Waals surface area contributed by atoms with E-state index in [4.69, 9.17) is 4.74 Å². The van der Waals surface area contributed by atoms with Crippen molar-refractivity contribution in [1.82, 2.24) is 0 Å². The smallest absolute Gasteiger partial charge is 0.387 e. The summed E-state index contributed by atoms with van der Waals surface area (Å²) in [6, 6.07) is 1.99. The van der Waals surface area contributed by atoms with Gasteiger partial charge in [0.2, 0.25) is 5.91 Å². The lowest BCUT2D eigenvalue weighted by molar-refractivity contribution is -0.113. The summed E-state index contributed by atoms with van der Waals surface area (Å²) in [7, 11) is -1.40. The third-order valence-corrected chi connectivity index (χ3v) is 5.22. The Labute approximate surface area is 162 Å². The average Bonchev–Trinajstić information content (AvgIpc) is 2.60. The third kappa shape index (κ3) is 7.29. The zero-order valence-corrected chi connectivity index (χ0v) is 16.6. The van der Waals surface area contributed by atoms with Gasteiger partial charge in [-0.3, -0.25) is 4.79 Å². The molecule has 1 amide bonds. The van der Waals surface area contributed by atoms with Crippen LogP contribution in [0.25, 0.3) is 0 Å². The van der Waals surface area contributed by atoms with Gasteiger partial charge in [-0.15, -0.1) is 0 Å². The van der Waals surface area contributed by atoms with Crippen LogP contribution < -0.4 is 14.8 Å². The van der Waals surface area contributed by atoms with Crippen LogP contribution in [0, 0.1) is 0 Å². The van der Waals surface area contributed by atoms with Crippen molar-refractivity contribution in [2.24, 2.45) is 0 Å². The average molecular weight is 423 g/mol. The highest BCUT2D eigenvalue weighted by Crippen LogP contribution is 2.35. The molecule has 0 unspecified atom stereocenters. The van der Waals surface area contributed by atoms with E-state index in [1.165, 1.54) is 7.11 Å². The predicted octanol–water partition coefficient (Wildman–Crippen LogP) is 2.63. The minimum atomic E-state index is -3.66. The summed E-state index contributed by atoms with van der Waals surface area (Å²) in [5.74, 6) is -3.40. The molecule has 0 spiro atoms. The molecule has 0 aliphatic rings. The van der Waals surface area contributed by atoms with E-state index in [0.29, 0.717) is 12.8 Å². The van der Waals surface area contributed by atoms with Crippen LogP contribution in [-0.4, -0.2) is 52.6 Å². The Morgan fingerprint density at radius 2 is 1.82 bits per heavy atom. The second kappa shape index (κ2) is 10.8. The Morgan fingerprint density at radius 1 is 1.14 bits per heavy atom. The van der Waals surface area contributed by atoms with Crippen LogP contribution in [0.15, 0.2) is 12.1 Å². The van der Waals surface area contributed by atoms with Gasteiger partial charge >= 0.3 is 12.6 Å². The van der Waals surface area contributed by atoms with Gasteiger partial charge in [0, 0.05) is 12.1 Å². The molecule has 11 heteroatoms. The molecule has 1 N–H and O–H groups in total. The Kier molecular flexibility index (Phi) is 9.10. The summed E-state index contributed by atoms with van der Waals surface area (Å²) in [5, 5.41) is 2.24. The second-order valence-electron chi connectivity index (χ2n) is 5.77. The number of unbranched alkanes of at least 4 members (excludes halogenated alkanes) is 2. The number of carbonyl (C=O) groups is 2. The number of esters is 1. The van der Waals surface area contributed by atoms with E-state index in [9.17, 15) is 26.8 Å². The Morgan fingerprint density at radius 3 is 2.36 bits per heavy atom. The van der Waals surface area contributed by atoms with Crippen LogP contribution in [0.1, 0.15) is 36.5 Å². The minimum Gasteiger partial charge on any atom is -0.493 e. The first-order chi connectivity index (χ1) is 13.1. The van der Waals surface area contributed by atoms with Gasteiger partial charge in [0.15, 0.2) is 21.3 Å². The molecule has 0 bridgehead atoms. The first-order valence-corrected chi connectivity index (χ1v) is 10.2. The van der Waals surface area contributed by atoms with E-state index in [0.717, 1.165) is 25.7 Å². The van der Waals surface area contributed by atoms with Crippen molar-refractivity contribution < 1.29 is 41.0 Å². The van der Waals surface area contributed by atoms with Gasteiger partial charge in [0.25, 0.3) is 0 Å². The molecule has 0 aliphatic heterocycles. The number of ether oxygens (including phenoxy) is 3. The van der Waals surface area contributed by atoms with Crippen molar-refractivity contribution in [3.05, 3.63) is 17.7 Å². The molecule has 0 fully saturated rings. The summed E-state index contributed by atoms with van der Waals surface area (Å²) >= 11 is 0. The topological polar surface area (TPSA) is 108 Å². The van der Waals surface area contributed by atoms with E-state index < -0.39 is 39.8 Å². The Bertz CT molecular complexity index is 797. The maximum absolute atomic E-state index is 12.6. The van der Waals surface area contributed by atoms with Gasteiger partial charge < -0.3 is 19.5 Å². The fourth-order valence-electron chi connectivity index (χ4n) is 2.32. The predicted molar refractivity (Wildman–Crippen MR) is 97.8 cm³/mol. The van der Waals surface area contributed by atoms with Crippen LogP contribution in [0.5, 0.6) is 11.5 Å². The molecule has 1 rings (SSSR count). The van der Waals surface area contributed by atoms with E-state index in [2.05, 4.69) is 14.8 Å². The van der Waals surface area contributed by atoms with Gasteiger partial charge in [-0.05, 0) is 6.42 Å². The molecule has 0 heterocycles. The van der Waals surface area contributed by atoms with Gasteiger partial charge in [-0.2, -0.15) is 8.78 Å². The number of alkyl halides is 2. The third-order valence-electron chi connectivity index (χ3n) is 3.61. The number of hydrogen-bond acceptors (Lipinski definition) is 7. The highest BCUT2D eigenvalue weighted by Gasteiger charge is 2.23. The number of nitrogens with one attached hydrogen (secondary N) is 1. The normalized spacial score (nSPS) is 11.2. The zero-order chi connectivity index (χ0) is 21.3. The molecule has 0 aliphatic carbocycles. The second-order valence-corrected chi connectivity index (χ2v) is 7.95. The first kappa shape index (κ1) is 23.6. The lowest BCUT2D eigenvalue weighted by Crippen LogP contribution is -2.25. The SMILES string of the molecule is CCCCCS(=O)(=O)CC(=O)Nc1cc(OC(F)F)c(OC)cc1C(=O)OC. The van der Waals surface area contributed by atoms with Crippen molar-refractivity contribution in [3.8, 4) is 11.5 Å². The number of halogens is 2. The number of benzene rings is 1. The van der Waals surface area contributed by atoms with E-state index >= 15 is 0 Å². The van der Waals surface area contributed by atoms with Gasteiger partial charge in [-0.25, -0.2) is 13.2 Å². The van der Waals surface area contributed by atoms with Crippen LogP contribution in [0.2, 0.25) is 0 Å². The van der Waals surface area contributed by atoms with E-state index in [1.807, 2.05) is 6.92 Å². The molecule has 0 saturated heterocycles. The van der Waals surface area contributed by atoms with Crippen LogP contribution >= 0.6 is 0 Å². The fourth-order valence-corrected chi connectivity index (χ4v) is 3.58. The molecule has 1 aromatic rings. The summed E-state index contributed by atoms with van der Waals surface area (Å²) in [6.45, 7) is -1.27.